The Morgan fingerprint density at radius 1 is 1.42 bits per heavy atom. The molecule has 1 N–H and O–H groups in total. The van der Waals surface area contributed by atoms with Crippen molar-refractivity contribution in [2.45, 2.75) is 33.1 Å². The number of carboxylic acid groups (broad SMARTS) is 1. The molecule has 12 heavy (non-hydrogen) atoms. The van der Waals surface area contributed by atoms with Gasteiger partial charge in [-0.3, -0.25) is 0 Å². The maximum Gasteiger partial charge on any atom is 0.328 e. The number of carbonyl (C=O) groups is 1. The maximum absolute atomic E-state index is 10.2. The highest BCUT2D eigenvalue weighted by atomic mass is 16.4. The van der Waals surface area contributed by atoms with Gasteiger partial charge < -0.3 is 5.11 Å². The SMILES string of the molecule is C=C(C)CCC/C(C)=C\C(=O)O. The highest BCUT2D eigenvalue weighted by Gasteiger charge is 1.94. The Morgan fingerprint density at radius 3 is 2.42 bits per heavy atom. The summed E-state index contributed by atoms with van der Waals surface area (Å²) in [7, 11) is 0. The number of aliphatic carboxylic acids is 1. The fourth-order valence-corrected chi connectivity index (χ4v) is 0.952. The van der Waals surface area contributed by atoms with Gasteiger partial charge >= 0.3 is 5.97 Å². The van der Waals surface area contributed by atoms with E-state index in [0.717, 1.165) is 30.4 Å². The molecule has 0 bridgehead atoms. The van der Waals surface area contributed by atoms with E-state index in [1.807, 2.05) is 13.8 Å². The van der Waals surface area contributed by atoms with Crippen molar-refractivity contribution < 1.29 is 9.90 Å². The molecule has 2 heteroatoms. The minimum Gasteiger partial charge on any atom is -0.478 e. The van der Waals surface area contributed by atoms with E-state index < -0.39 is 5.97 Å². The van der Waals surface area contributed by atoms with Crippen molar-refractivity contribution in [1.29, 1.82) is 0 Å². The van der Waals surface area contributed by atoms with Crippen LogP contribution >= 0.6 is 0 Å². The van der Waals surface area contributed by atoms with Crippen molar-refractivity contribution in [3.8, 4) is 0 Å². The molecule has 0 rings (SSSR count). The Kier molecular flexibility index (Phi) is 5.09. The van der Waals surface area contributed by atoms with E-state index in [2.05, 4.69) is 6.58 Å². The third-order valence-electron chi connectivity index (χ3n) is 1.54. The second-order valence-electron chi connectivity index (χ2n) is 3.14. The van der Waals surface area contributed by atoms with Gasteiger partial charge in [0.2, 0.25) is 0 Å². The third-order valence-corrected chi connectivity index (χ3v) is 1.54. The monoisotopic (exact) mass is 168 g/mol. The van der Waals surface area contributed by atoms with Crippen molar-refractivity contribution in [1.82, 2.24) is 0 Å². The van der Waals surface area contributed by atoms with Crippen molar-refractivity contribution in [3.05, 3.63) is 23.8 Å². The van der Waals surface area contributed by atoms with E-state index in [9.17, 15) is 4.79 Å². The molecule has 0 saturated carbocycles. The summed E-state index contributed by atoms with van der Waals surface area (Å²) in [5.74, 6) is -0.858. The molecule has 0 aromatic carbocycles. The Bertz CT molecular complexity index is 202. The van der Waals surface area contributed by atoms with Crippen LogP contribution in [-0.4, -0.2) is 11.1 Å². The largest absolute Gasteiger partial charge is 0.478 e. The Hall–Kier alpha value is -1.05. The summed E-state index contributed by atoms with van der Waals surface area (Å²) in [4.78, 5) is 10.2. The van der Waals surface area contributed by atoms with E-state index >= 15 is 0 Å². The normalized spacial score (nSPS) is 11.3. The summed E-state index contributed by atoms with van der Waals surface area (Å²) in [6, 6.07) is 0. The quantitative estimate of drug-likeness (QED) is 0.506. The summed E-state index contributed by atoms with van der Waals surface area (Å²) in [5.41, 5.74) is 2.07. The van der Waals surface area contributed by atoms with Crippen LogP contribution in [0.15, 0.2) is 23.8 Å². The topological polar surface area (TPSA) is 37.3 Å². The van der Waals surface area contributed by atoms with Crippen molar-refractivity contribution in [2.75, 3.05) is 0 Å². The van der Waals surface area contributed by atoms with Gasteiger partial charge in [-0.1, -0.05) is 11.1 Å². The van der Waals surface area contributed by atoms with Crippen LogP contribution in [0.4, 0.5) is 0 Å². The molecule has 0 aliphatic heterocycles. The molecule has 0 aliphatic rings. The Labute approximate surface area is 73.6 Å². The Morgan fingerprint density at radius 2 is 2.00 bits per heavy atom. The molecule has 2 nitrogen and oxygen atoms in total. The average molecular weight is 168 g/mol. The van der Waals surface area contributed by atoms with Crippen LogP contribution in [0.3, 0.4) is 0 Å². The van der Waals surface area contributed by atoms with Crippen molar-refractivity contribution in [2.24, 2.45) is 0 Å². The van der Waals surface area contributed by atoms with Gasteiger partial charge in [0.25, 0.3) is 0 Å². The molecule has 0 aromatic heterocycles. The lowest BCUT2D eigenvalue weighted by atomic mass is 10.1. The maximum atomic E-state index is 10.2. The molecule has 0 atom stereocenters. The van der Waals surface area contributed by atoms with Crippen LogP contribution in [0.25, 0.3) is 0 Å². The van der Waals surface area contributed by atoms with E-state index in [-0.39, 0.29) is 0 Å². The molecular formula is C10H16O2. The van der Waals surface area contributed by atoms with Gasteiger partial charge in [-0.05, 0) is 33.1 Å². The van der Waals surface area contributed by atoms with Crippen LogP contribution in [0.2, 0.25) is 0 Å². The summed E-state index contributed by atoms with van der Waals surface area (Å²) < 4.78 is 0. The van der Waals surface area contributed by atoms with Crippen LogP contribution < -0.4 is 0 Å². The summed E-state index contributed by atoms with van der Waals surface area (Å²) >= 11 is 0. The minimum absolute atomic E-state index is 0.846. The molecule has 0 aromatic rings. The first kappa shape index (κ1) is 11.0. The minimum atomic E-state index is -0.858. The highest BCUT2D eigenvalue weighted by molar-refractivity contribution is 5.80. The number of hydrogen-bond acceptors (Lipinski definition) is 1. The first-order chi connectivity index (χ1) is 5.52. The third kappa shape index (κ3) is 7.06. The predicted molar refractivity (Wildman–Crippen MR) is 50.1 cm³/mol. The summed E-state index contributed by atoms with van der Waals surface area (Å²) in [6.45, 7) is 7.60. The van der Waals surface area contributed by atoms with Crippen molar-refractivity contribution in [3.63, 3.8) is 0 Å². The zero-order valence-electron chi connectivity index (χ0n) is 7.76. The number of allylic oxidation sites excluding steroid dienone is 2. The Balaban J connectivity index is 3.64. The first-order valence-electron chi connectivity index (χ1n) is 4.07. The number of hydrogen-bond donors (Lipinski definition) is 1. The molecule has 0 spiro atoms. The van der Waals surface area contributed by atoms with Crippen LogP contribution in [0.5, 0.6) is 0 Å². The van der Waals surface area contributed by atoms with E-state index in [1.165, 1.54) is 6.08 Å². The molecule has 0 saturated heterocycles. The van der Waals surface area contributed by atoms with Gasteiger partial charge in [0.1, 0.15) is 0 Å². The van der Waals surface area contributed by atoms with E-state index in [4.69, 9.17) is 5.11 Å². The van der Waals surface area contributed by atoms with Crippen LogP contribution in [0.1, 0.15) is 33.1 Å². The highest BCUT2D eigenvalue weighted by Crippen LogP contribution is 2.09. The molecule has 0 unspecified atom stereocenters. The zero-order valence-corrected chi connectivity index (χ0v) is 7.76. The lowest BCUT2D eigenvalue weighted by Gasteiger charge is -1.99. The van der Waals surface area contributed by atoms with E-state index in [0.29, 0.717) is 0 Å². The van der Waals surface area contributed by atoms with Gasteiger partial charge in [0, 0.05) is 6.08 Å². The van der Waals surface area contributed by atoms with Gasteiger partial charge in [0.15, 0.2) is 0 Å². The van der Waals surface area contributed by atoms with Crippen molar-refractivity contribution >= 4 is 5.97 Å². The van der Waals surface area contributed by atoms with Gasteiger partial charge in [-0.25, -0.2) is 4.79 Å². The molecule has 0 amide bonds. The molecule has 0 radical (unpaired) electrons. The number of carboxylic acids is 1. The molecule has 68 valence electrons. The van der Waals surface area contributed by atoms with Gasteiger partial charge in [-0.15, -0.1) is 6.58 Å². The second kappa shape index (κ2) is 5.58. The summed E-state index contributed by atoms with van der Waals surface area (Å²) in [5, 5.41) is 8.40. The average Bonchev–Trinajstić information content (AvgIpc) is 1.84. The van der Waals surface area contributed by atoms with Gasteiger partial charge in [0.05, 0.1) is 0 Å². The van der Waals surface area contributed by atoms with Crippen LogP contribution in [-0.2, 0) is 4.79 Å². The fourth-order valence-electron chi connectivity index (χ4n) is 0.952. The van der Waals surface area contributed by atoms with Gasteiger partial charge in [-0.2, -0.15) is 0 Å². The van der Waals surface area contributed by atoms with Crippen LogP contribution in [0, 0.1) is 0 Å². The standard InChI is InChI=1S/C10H16O2/c1-8(2)5-4-6-9(3)7-10(11)12/h7H,1,4-6H2,2-3H3,(H,11,12)/b9-7-. The molecular weight excluding hydrogens is 152 g/mol. The zero-order chi connectivity index (χ0) is 9.56. The lowest BCUT2D eigenvalue weighted by molar-refractivity contribution is -0.131. The molecule has 0 aliphatic carbocycles. The summed E-state index contributed by atoms with van der Waals surface area (Å²) in [6.07, 6.45) is 4.08. The lowest BCUT2D eigenvalue weighted by Crippen LogP contribution is -1.90. The molecule has 0 fully saturated rings. The predicted octanol–water partition coefficient (Wildman–Crippen LogP) is 2.76. The fraction of sp³-hybridized carbons (Fsp3) is 0.500. The van der Waals surface area contributed by atoms with E-state index in [1.54, 1.807) is 0 Å². The first-order valence-corrected chi connectivity index (χ1v) is 4.07. The smallest absolute Gasteiger partial charge is 0.328 e. The second-order valence-corrected chi connectivity index (χ2v) is 3.14. The number of rotatable bonds is 5. The molecule has 0 heterocycles.